The first-order valence-corrected chi connectivity index (χ1v) is 7.90. The highest BCUT2D eigenvalue weighted by molar-refractivity contribution is 7.79. The molecule has 0 spiro atoms. The Hall–Kier alpha value is -2.78. The Morgan fingerprint density at radius 2 is 1.92 bits per heavy atom. The van der Waals surface area contributed by atoms with Crippen molar-refractivity contribution in [1.29, 1.82) is 0 Å². The number of hydrogen-bond acceptors (Lipinski definition) is 4. The molecular formula is C16H19FN3O4S+. The number of thiol groups is 1. The fraction of sp³-hybridized carbons (Fsp3) is 0.125. The molecule has 25 heavy (non-hydrogen) atoms. The zero-order chi connectivity index (χ0) is 18.8. The number of carboxylic acids is 1. The van der Waals surface area contributed by atoms with Gasteiger partial charge in [0.05, 0.1) is 0 Å². The molecule has 0 aliphatic rings. The predicted molar refractivity (Wildman–Crippen MR) is 96.3 cm³/mol. The van der Waals surface area contributed by atoms with E-state index in [0.29, 0.717) is 11.4 Å². The van der Waals surface area contributed by atoms with Crippen LogP contribution in [0.15, 0.2) is 42.5 Å². The van der Waals surface area contributed by atoms with Gasteiger partial charge < -0.3 is 15.1 Å². The van der Waals surface area contributed by atoms with E-state index >= 15 is 0 Å². The van der Waals surface area contributed by atoms with E-state index in [9.17, 15) is 14.3 Å². The zero-order valence-electron chi connectivity index (χ0n) is 13.6. The largest absolute Gasteiger partial charge is 0.478 e. The number of amidine groups is 1. The van der Waals surface area contributed by atoms with E-state index < -0.39 is 17.8 Å². The van der Waals surface area contributed by atoms with Crippen molar-refractivity contribution >= 4 is 36.0 Å². The van der Waals surface area contributed by atoms with Crippen molar-refractivity contribution in [3.63, 3.8) is 0 Å². The molecule has 0 atom stereocenters. The second kappa shape index (κ2) is 10.2. The maximum absolute atomic E-state index is 13.1. The summed E-state index contributed by atoms with van der Waals surface area (Å²) in [5.74, 6) is -1.49. The van der Waals surface area contributed by atoms with Crippen molar-refractivity contribution in [2.45, 2.75) is 0 Å². The summed E-state index contributed by atoms with van der Waals surface area (Å²) >= 11 is 3.53. The normalized spacial score (nSPS) is 10.5. The quantitative estimate of drug-likeness (QED) is 0.206. The number of halogens is 1. The van der Waals surface area contributed by atoms with Gasteiger partial charge in [-0.15, -0.1) is 0 Å². The molecule has 0 fully saturated rings. The molecule has 0 saturated heterocycles. The molecule has 0 bridgehead atoms. The Kier molecular flexibility index (Phi) is 8.24. The zero-order valence-corrected chi connectivity index (χ0v) is 14.5. The van der Waals surface area contributed by atoms with Crippen LogP contribution in [0, 0.1) is 5.82 Å². The standard InChI is InChI=1S/C15H14FN3O4.CH4S/c1-17-23-11-4-2-3-10(8-11)18-15(22)19-13-6-5-9(16)7-12(13)14(20)21;1-2/h2-8,17H,1H3,(H,20,21)(H2,18,19,22);2H,1H3/p+1. The third-order valence-corrected chi connectivity index (χ3v) is 2.78. The molecule has 0 saturated carbocycles. The number of aromatic carboxylic acids is 1. The van der Waals surface area contributed by atoms with E-state index in [0.717, 1.165) is 12.1 Å². The second-order valence-electron chi connectivity index (χ2n) is 4.43. The van der Waals surface area contributed by atoms with Gasteiger partial charge in [0.25, 0.3) is 0 Å². The first kappa shape index (κ1) is 20.3. The first-order chi connectivity index (χ1) is 12.0. The molecule has 2 rings (SSSR count). The van der Waals surface area contributed by atoms with Gasteiger partial charge in [-0.1, -0.05) is 6.07 Å². The topological polar surface area (TPSA) is 105 Å². The minimum atomic E-state index is -1.32. The lowest BCUT2D eigenvalue weighted by Crippen LogP contribution is -2.69. The number of anilines is 1. The van der Waals surface area contributed by atoms with Crippen molar-refractivity contribution < 1.29 is 29.2 Å². The first-order valence-electron chi connectivity index (χ1n) is 7.01. The van der Waals surface area contributed by atoms with Crippen LogP contribution >= 0.6 is 12.6 Å². The molecule has 2 aromatic carbocycles. The van der Waals surface area contributed by atoms with Crippen LogP contribution in [-0.2, 0) is 0 Å². The number of hydrogen-bond donors (Lipinski definition) is 6. The van der Waals surface area contributed by atoms with E-state index in [1.54, 1.807) is 37.6 Å². The van der Waals surface area contributed by atoms with E-state index in [2.05, 4.69) is 28.4 Å². The fourth-order valence-electron chi connectivity index (χ4n) is 1.85. The Labute approximate surface area is 149 Å². The summed E-state index contributed by atoms with van der Waals surface area (Å²) < 4.78 is 13.1. The molecular weight excluding hydrogens is 349 g/mol. The molecule has 0 aromatic heterocycles. The van der Waals surface area contributed by atoms with Crippen molar-refractivity contribution in [1.82, 2.24) is 5.48 Å². The highest BCUT2D eigenvalue weighted by Gasteiger charge is 2.15. The van der Waals surface area contributed by atoms with Gasteiger partial charge in [0.2, 0.25) is 0 Å². The molecule has 0 radical (unpaired) electrons. The van der Waals surface area contributed by atoms with E-state index in [1.807, 2.05) is 0 Å². The molecule has 0 unspecified atom stereocenters. The Bertz CT molecular complexity index is 756. The van der Waals surface area contributed by atoms with Gasteiger partial charge in [0.15, 0.2) is 5.75 Å². The van der Waals surface area contributed by atoms with E-state index in [4.69, 9.17) is 9.94 Å². The van der Waals surface area contributed by atoms with Crippen LogP contribution in [0.5, 0.6) is 5.75 Å². The highest BCUT2D eigenvalue weighted by Crippen LogP contribution is 2.16. The molecule has 5 N–H and O–H groups in total. The number of aliphatic hydroxyl groups excluding tert-OH is 1. The molecule has 0 aliphatic carbocycles. The van der Waals surface area contributed by atoms with E-state index in [1.165, 1.54) is 6.07 Å². The van der Waals surface area contributed by atoms with Gasteiger partial charge in [0, 0.05) is 13.1 Å². The van der Waals surface area contributed by atoms with Gasteiger partial charge in [-0.3, -0.25) is 0 Å². The van der Waals surface area contributed by atoms with Gasteiger partial charge in [-0.2, -0.15) is 18.1 Å². The monoisotopic (exact) mass is 368 g/mol. The molecule has 7 nitrogen and oxygen atoms in total. The maximum atomic E-state index is 13.1. The van der Waals surface area contributed by atoms with Crippen molar-refractivity contribution in [3.8, 4) is 5.75 Å². The SMILES string of the molecule is CNOc1cccc(NC(O)=[NH+]c2ccc(F)cc2C(=O)O)c1.CS. The average molecular weight is 368 g/mol. The third-order valence-electron chi connectivity index (χ3n) is 2.78. The third kappa shape index (κ3) is 6.32. The molecule has 9 heteroatoms. The van der Waals surface area contributed by atoms with Crippen LogP contribution in [0.4, 0.5) is 15.8 Å². The van der Waals surface area contributed by atoms with E-state index in [-0.39, 0.29) is 11.3 Å². The highest BCUT2D eigenvalue weighted by atomic mass is 32.1. The Morgan fingerprint density at radius 3 is 2.56 bits per heavy atom. The lowest BCUT2D eigenvalue weighted by atomic mass is 10.2. The maximum Gasteiger partial charge on any atom is 0.449 e. The fourth-order valence-corrected chi connectivity index (χ4v) is 1.85. The lowest BCUT2D eigenvalue weighted by Gasteiger charge is -2.04. The van der Waals surface area contributed by atoms with Crippen LogP contribution in [0.1, 0.15) is 10.4 Å². The Morgan fingerprint density at radius 1 is 1.20 bits per heavy atom. The summed E-state index contributed by atoms with van der Waals surface area (Å²) in [5, 5.41) is 21.6. The number of rotatable bonds is 5. The molecule has 0 heterocycles. The van der Waals surface area contributed by atoms with Gasteiger partial charge in [0.1, 0.15) is 22.8 Å². The molecule has 134 valence electrons. The minimum Gasteiger partial charge on any atom is -0.478 e. The Balaban J connectivity index is 0.00000151. The molecule has 2 aromatic rings. The van der Waals surface area contributed by atoms with Crippen LogP contribution < -0.4 is 20.6 Å². The van der Waals surface area contributed by atoms with Crippen molar-refractivity contribution in [3.05, 3.63) is 53.8 Å². The van der Waals surface area contributed by atoms with Gasteiger partial charge in [-0.05, 0) is 36.6 Å². The molecule has 0 aliphatic heterocycles. The smallest absolute Gasteiger partial charge is 0.449 e. The summed E-state index contributed by atoms with van der Waals surface area (Å²) in [5.41, 5.74) is 2.77. The number of hydroxylamine groups is 1. The number of aliphatic hydroxyl groups is 1. The van der Waals surface area contributed by atoms with Crippen molar-refractivity contribution in [2.24, 2.45) is 0 Å². The predicted octanol–water partition coefficient (Wildman–Crippen LogP) is 1.32. The van der Waals surface area contributed by atoms with Crippen LogP contribution in [0.2, 0.25) is 0 Å². The minimum absolute atomic E-state index is 0.0477. The number of benzene rings is 2. The van der Waals surface area contributed by atoms with Crippen LogP contribution in [0.3, 0.4) is 0 Å². The summed E-state index contributed by atoms with van der Waals surface area (Å²) in [6.45, 7) is 0. The summed E-state index contributed by atoms with van der Waals surface area (Å²) in [6, 6.07) is 9.43. The van der Waals surface area contributed by atoms with Crippen LogP contribution in [-0.4, -0.2) is 35.5 Å². The summed E-state index contributed by atoms with van der Waals surface area (Å²) in [4.78, 5) is 18.7. The summed E-state index contributed by atoms with van der Waals surface area (Å²) in [6.07, 6.45) is 1.69. The second-order valence-corrected chi connectivity index (χ2v) is 4.43. The summed E-state index contributed by atoms with van der Waals surface area (Å²) in [7, 11) is 1.60. The molecule has 0 amide bonds. The lowest BCUT2D eigenvalue weighted by molar-refractivity contribution is -0.365. The number of nitrogens with one attached hydrogen (secondary N) is 3. The van der Waals surface area contributed by atoms with Crippen molar-refractivity contribution in [2.75, 3.05) is 18.6 Å². The number of carbonyl (C=O) groups is 1. The number of carboxylic acid groups (broad SMARTS) is 1. The average Bonchev–Trinajstić information content (AvgIpc) is 2.58. The van der Waals surface area contributed by atoms with Crippen LogP contribution in [0.25, 0.3) is 0 Å². The van der Waals surface area contributed by atoms with Gasteiger partial charge >= 0.3 is 12.0 Å². The van der Waals surface area contributed by atoms with Gasteiger partial charge in [-0.25, -0.2) is 19.5 Å².